The van der Waals surface area contributed by atoms with Crippen LogP contribution < -0.4 is 5.32 Å². The second-order valence-electron chi connectivity index (χ2n) is 9.06. The zero-order valence-corrected chi connectivity index (χ0v) is 17.9. The number of nitrogens with zero attached hydrogens (tertiary/aromatic N) is 3. The Balaban J connectivity index is 1.35. The van der Waals surface area contributed by atoms with Crippen LogP contribution in [0.4, 0.5) is 22.0 Å². The zero-order valence-electron chi connectivity index (χ0n) is 17.9. The molecule has 2 fully saturated rings. The van der Waals surface area contributed by atoms with Crippen molar-refractivity contribution in [2.24, 2.45) is 5.41 Å². The Morgan fingerprint density at radius 3 is 2.56 bits per heavy atom. The number of alkyl halides is 5. The standard InChI is InChI=1S/C22H21F5N4O3/c23-16(24)18-30-29-17(34-18)11-5-6-12-10-31(19(32)13(12)9-11)15-4-2-1-3-14(15)28-20(33)21(7-8-21)22(25,26)27/h5-6,9,14-16H,1-4,7-8,10H2,(H,28,33)/t14-,15-/m1/s1. The number of carbonyl (C=O) groups is 2. The average Bonchev–Trinajstić information content (AvgIpc) is 3.37. The highest BCUT2D eigenvalue weighted by molar-refractivity contribution is 5.99. The molecule has 1 aliphatic heterocycles. The summed E-state index contributed by atoms with van der Waals surface area (Å²) in [5.74, 6) is -2.33. The van der Waals surface area contributed by atoms with Gasteiger partial charge in [0, 0.05) is 23.7 Å². The van der Waals surface area contributed by atoms with Crippen LogP contribution in [-0.2, 0) is 11.3 Å². The molecule has 3 aliphatic rings. The number of rotatable bonds is 5. The van der Waals surface area contributed by atoms with Gasteiger partial charge in [-0.3, -0.25) is 9.59 Å². The highest BCUT2D eigenvalue weighted by Gasteiger charge is 2.68. The number of amides is 2. The van der Waals surface area contributed by atoms with Gasteiger partial charge in [0.25, 0.3) is 11.8 Å². The van der Waals surface area contributed by atoms with Gasteiger partial charge in [0.15, 0.2) is 0 Å². The van der Waals surface area contributed by atoms with E-state index in [1.807, 2.05) is 0 Å². The topological polar surface area (TPSA) is 88.3 Å². The molecule has 12 heteroatoms. The minimum atomic E-state index is -4.60. The number of carbonyl (C=O) groups excluding carboxylic acids is 2. The smallest absolute Gasteiger partial charge is 0.403 e. The van der Waals surface area contributed by atoms with E-state index in [4.69, 9.17) is 4.42 Å². The van der Waals surface area contributed by atoms with Crippen molar-refractivity contribution < 1.29 is 36.0 Å². The van der Waals surface area contributed by atoms with Crippen LogP contribution in [0.15, 0.2) is 22.6 Å². The fraction of sp³-hybridized carbons (Fsp3) is 0.545. The summed E-state index contributed by atoms with van der Waals surface area (Å²) in [7, 11) is 0. The number of benzene rings is 1. The summed E-state index contributed by atoms with van der Waals surface area (Å²) in [6.07, 6.45) is -5.41. The predicted octanol–water partition coefficient (Wildman–Crippen LogP) is 4.40. The van der Waals surface area contributed by atoms with E-state index in [1.165, 1.54) is 6.07 Å². The summed E-state index contributed by atoms with van der Waals surface area (Å²) in [6.45, 7) is 0.238. The fourth-order valence-electron chi connectivity index (χ4n) is 4.89. The van der Waals surface area contributed by atoms with E-state index in [2.05, 4.69) is 15.5 Å². The van der Waals surface area contributed by atoms with Gasteiger partial charge in [0.2, 0.25) is 11.8 Å². The predicted molar refractivity (Wildman–Crippen MR) is 106 cm³/mol. The van der Waals surface area contributed by atoms with Crippen LogP contribution in [0.25, 0.3) is 11.5 Å². The van der Waals surface area contributed by atoms with Gasteiger partial charge >= 0.3 is 12.6 Å². The molecular weight excluding hydrogens is 463 g/mol. The van der Waals surface area contributed by atoms with Gasteiger partial charge < -0.3 is 14.6 Å². The largest absolute Gasteiger partial charge is 0.415 e. The van der Waals surface area contributed by atoms with Crippen molar-refractivity contribution in [3.05, 3.63) is 35.2 Å². The second kappa shape index (κ2) is 8.02. The quantitative estimate of drug-likeness (QED) is 0.636. The molecule has 0 unspecified atom stereocenters. The Hall–Kier alpha value is -3.05. The summed E-state index contributed by atoms with van der Waals surface area (Å²) >= 11 is 0. The zero-order chi connectivity index (χ0) is 24.3. The number of hydrogen-bond acceptors (Lipinski definition) is 5. The third-order valence-electron chi connectivity index (χ3n) is 6.99. The van der Waals surface area contributed by atoms with Crippen molar-refractivity contribution in [3.63, 3.8) is 0 Å². The van der Waals surface area contributed by atoms with E-state index >= 15 is 0 Å². The molecule has 2 heterocycles. The molecule has 182 valence electrons. The molecule has 0 saturated heterocycles. The number of fused-ring (bicyclic) bond motifs is 1. The van der Waals surface area contributed by atoms with E-state index in [-0.39, 0.29) is 31.2 Å². The molecule has 34 heavy (non-hydrogen) atoms. The molecule has 0 spiro atoms. The number of nitrogens with one attached hydrogen (secondary N) is 1. The molecule has 2 saturated carbocycles. The first-order valence-electron chi connectivity index (χ1n) is 11.0. The number of halogens is 5. The van der Waals surface area contributed by atoms with Gasteiger partial charge in [-0.1, -0.05) is 18.9 Å². The van der Waals surface area contributed by atoms with Crippen LogP contribution in [0, 0.1) is 5.41 Å². The lowest BCUT2D eigenvalue weighted by atomic mass is 9.88. The Bertz CT molecular complexity index is 1130. The van der Waals surface area contributed by atoms with Crippen molar-refractivity contribution in [1.29, 1.82) is 0 Å². The number of hydrogen-bond donors (Lipinski definition) is 1. The van der Waals surface area contributed by atoms with Crippen LogP contribution in [0.2, 0.25) is 0 Å². The van der Waals surface area contributed by atoms with Crippen LogP contribution in [0.3, 0.4) is 0 Å². The lowest BCUT2D eigenvalue weighted by Gasteiger charge is -2.39. The third kappa shape index (κ3) is 3.72. The van der Waals surface area contributed by atoms with Crippen LogP contribution in [-0.4, -0.2) is 45.2 Å². The van der Waals surface area contributed by atoms with E-state index in [1.54, 1.807) is 17.0 Å². The highest BCUT2D eigenvalue weighted by atomic mass is 19.4. The molecule has 2 aromatic rings. The fourth-order valence-corrected chi connectivity index (χ4v) is 4.89. The molecule has 0 radical (unpaired) electrons. The molecule has 5 rings (SSSR count). The molecule has 2 amide bonds. The molecule has 1 aromatic heterocycles. The van der Waals surface area contributed by atoms with Crippen molar-refractivity contribution >= 4 is 11.8 Å². The molecule has 1 N–H and O–H groups in total. The van der Waals surface area contributed by atoms with Crippen molar-refractivity contribution in [3.8, 4) is 11.5 Å². The molecule has 2 aliphatic carbocycles. The third-order valence-corrected chi connectivity index (χ3v) is 6.99. The van der Waals surface area contributed by atoms with Gasteiger partial charge in [-0.2, -0.15) is 22.0 Å². The Morgan fingerprint density at radius 1 is 1.18 bits per heavy atom. The minimum absolute atomic E-state index is 0.144. The normalized spacial score (nSPS) is 23.8. The van der Waals surface area contributed by atoms with Gasteiger partial charge in [0.05, 0.1) is 6.04 Å². The first-order valence-corrected chi connectivity index (χ1v) is 11.0. The van der Waals surface area contributed by atoms with E-state index < -0.39 is 41.9 Å². The minimum Gasteiger partial charge on any atom is -0.415 e. The molecular formula is C22H21F5N4O3. The van der Waals surface area contributed by atoms with E-state index in [0.717, 1.165) is 12.8 Å². The average molecular weight is 484 g/mol. The van der Waals surface area contributed by atoms with Gasteiger partial charge in [-0.05, 0) is 43.4 Å². The van der Waals surface area contributed by atoms with Crippen molar-refractivity contribution in [2.45, 2.75) is 69.8 Å². The lowest BCUT2D eigenvalue weighted by molar-refractivity contribution is -0.193. The summed E-state index contributed by atoms with van der Waals surface area (Å²) < 4.78 is 70.6. The maximum atomic E-state index is 13.4. The van der Waals surface area contributed by atoms with Gasteiger partial charge in [0.1, 0.15) is 5.41 Å². The molecule has 7 nitrogen and oxygen atoms in total. The Morgan fingerprint density at radius 2 is 1.91 bits per heavy atom. The van der Waals surface area contributed by atoms with Crippen LogP contribution in [0.5, 0.6) is 0 Å². The van der Waals surface area contributed by atoms with E-state index in [0.29, 0.717) is 29.5 Å². The first kappa shape index (κ1) is 22.7. The van der Waals surface area contributed by atoms with Crippen molar-refractivity contribution in [2.75, 3.05) is 0 Å². The summed E-state index contributed by atoms with van der Waals surface area (Å²) in [5, 5.41) is 9.49. The van der Waals surface area contributed by atoms with Gasteiger partial charge in [-0.25, -0.2) is 0 Å². The SMILES string of the molecule is O=C1c2cc(-c3nnc(C(F)F)o3)ccc2CN1[C@@H]1CCCC[C@H]1NC(=O)C1(C(F)(F)F)CC1. The molecule has 1 aromatic carbocycles. The molecule has 2 atom stereocenters. The van der Waals surface area contributed by atoms with Gasteiger partial charge in [-0.15, -0.1) is 10.2 Å². The Labute approximate surface area is 190 Å². The summed E-state index contributed by atoms with van der Waals surface area (Å²) in [6, 6.07) is 3.70. The lowest BCUT2D eigenvalue weighted by Crippen LogP contribution is -2.56. The second-order valence-corrected chi connectivity index (χ2v) is 9.06. The van der Waals surface area contributed by atoms with Crippen molar-refractivity contribution in [1.82, 2.24) is 20.4 Å². The molecule has 0 bridgehead atoms. The number of aromatic nitrogens is 2. The maximum Gasteiger partial charge on any atom is 0.403 e. The van der Waals surface area contributed by atoms with Crippen LogP contribution >= 0.6 is 0 Å². The van der Waals surface area contributed by atoms with E-state index in [9.17, 15) is 31.5 Å². The maximum absolute atomic E-state index is 13.4. The van der Waals surface area contributed by atoms with Crippen LogP contribution in [0.1, 0.15) is 66.8 Å². The first-order chi connectivity index (χ1) is 16.1. The Kier molecular flexibility index (Phi) is 5.36. The summed E-state index contributed by atoms with van der Waals surface area (Å²) in [5.41, 5.74) is -0.989. The monoisotopic (exact) mass is 484 g/mol. The highest BCUT2D eigenvalue weighted by Crippen LogP contribution is 2.57. The summed E-state index contributed by atoms with van der Waals surface area (Å²) in [4.78, 5) is 27.4.